The van der Waals surface area contributed by atoms with Crippen LogP contribution in [-0.4, -0.2) is 59.8 Å². The molecule has 1 atom stereocenters. The number of benzene rings is 1. The third kappa shape index (κ3) is 6.29. The number of likely N-dealkylation sites (N-methyl/N-ethyl adjacent to an activating group) is 1. The lowest BCUT2D eigenvalue weighted by Crippen LogP contribution is -2.46. The fraction of sp³-hybridized carbons (Fsp3) is 0.556. The highest BCUT2D eigenvalue weighted by molar-refractivity contribution is 5.82. The maximum Gasteiger partial charge on any atom is 0.249 e. The lowest BCUT2D eigenvalue weighted by Gasteiger charge is -2.27. The second kappa shape index (κ2) is 9.39. The highest BCUT2D eigenvalue weighted by Gasteiger charge is 2.32. The van der Waals surface area contributed by atoms with Crippen molar-refractivity contribution >= 4 is 11.8 Å². The fourth-order valence-electron chi connectivity index (χ4n) is 2.09. The van der Waals surface area contributed by atoms with E-state index < -0.39 is 17.4 Å². The topological polar surface area (TPSA) is 89.9 Å². The Bertz CT molecular complexity index is 531. The van der Waals surface area contributed by atoms with Gasteiger partial charge in [-0.05, 0) is 12.0 Å². The number of amides is 2. The van der Waals surface area contributed by atoms with Crippen LogP contribution < -0.4 is 5.32 Å². The van der Waals surface area contributed by atoms with Gasteiger partial charge in [-0.1, -0.05) is 44.2 Å². The quantitative estimate of drug-likeness (QED) is 0.615. The largest absolute Gasteiger partial charge is 0.396 e. The number of nitrogens with zero attached hydrogens (tertiary/aromatic N) is 1. The number of nitrogens with one attached hydrogen (secondary N) is 1. The van der Waals surface area contributed by atoms with Gasteiger partial charge in [0, 0.05) is 32.0 Å². The molecular formula is C18H28N2O4. The van der Waals surface area contributed by atoms with Crippen LogP contribution in [0.2, 0.25) is 0 Å². The van der Waals surface area contributed by atoms with E-state index >= 15 is 0 Å². The van der Waals surface area contributed by atoms with E-state index in [0.29, 0.717) is 6.54 Å². The van der Waals surface area contributed by atoms with Gasteiger partial charge in [0.15, 0.2) is 0 Å². The zero-order valence-corrected chi connectivity index (χ0v) is 14.7. The van der Waals surface area contributed by atoms with Crippen LogP contribution in [0.4, 0.5) is 0 Å². The maximum atomic E-state index is 12.0. The van der Waals surface area contributed by atoms with Crippen molar-refractivity contribution in [3.63, 3.8) is 0 Å². The smallest absolute Gasteiger partial charge is 0.249 e. The van der Waals surface area contributed by atoms with Crippen molar-refractivity contribution < 1.29 is 19.8 Å². The van der Waals surface area contributed by atoms with Gasteiger partial charge in [0.1, 0.15) is 6.10 Å². The summed E-state index contributed by atoms with van der Waals surface area (Å²) >= 11 is 0. The second-order valence-corrected chi connectivity index (χ2v) is 6.64. The van der Waals surface area contributed by atoms with Crippen molar-refractivity contribution in [3.8, 4) is 0 Å². The Morgan fingerprint density at radius 2 is 1.88 bits per heavy atom. The Morgan fingerprint density at radius 1 is 1.25 bits per heavy atom. The highest BCUT2D eigenvalue weighted by atomic mass is 16.3. The Labute approximate surface area is 143 Å². The third-order valence-corrected chi connectivity index (χ3v) is 4.04. The first-order chi connectivity index (χ1) is 11.3. The average Bonchev–Trinajstić information content (AvgIpc) is 2.59. The Balaban J connectivity index is 2.31. The van der Waals surface area contributed by atoms with Crippen molar-refractivity contribution in [2.45, 2.75) is 32.8 Å². The molecule has 0 saturated carbocycles. The predicted molar refractivity (Wildman–Crippen MR) is 92.3 cm³/mol. The first kappa shape index (κ1) is 20.1. The van der Waals surface area contributed by atoms with Gasteiger partial charge < -0.3 is 20.4 Å². The van der Waals surface area contributed by atoms with Gasteiger partial charge >= 0.3 is 0 Å². The number of carbonyl (C=O) groups excluding carboxylic acids is 2. The van der Waals surface area contributed by atoms with Gasteiger partial charge in [-0.2, -0.15) is 0 Å². The summed E-state index contributed by atoms with van der Waals surface area (Å²) in [6.45, 7) is 3.66. The minimum absolute atomic E-state index is 0.0675. The van der Waals surface area contributed by atoms with Crippen LogP contribution in [0.3, 0.4) is 0 Å². The SMILES string of the molecule is CN(CCc1ccccc1)C(=O)CCNC(=O)[C@H](O)C(C)(C)CO. The van der Waals surface area contributed by atoms with E-state index in [1.54, 1.807) is 25.8 Å². The molecule has 134 valence electrons. The number of aliphatic hydroxyl groups is 2. The molecule has 0 saturated heterocycles. The summed E-state index contributed by atoms with van der Waals surface area (Å²) in [6, 6.07) is 9.91. The van der Waals surface area contributed by atoms with Crippen molar-refractivity contribution in [3.05, 3.63) is 35.9 Å². The molecule has 6 heteroatoms. The number of carbonyl (C=O) groups is 2. The second-order valence-electron chi connectivity index (χ2n) is 6.64. The summed E-state index contributed by atoms with van der Waals surface area (Å²) < 4.78 is 0. The molecule has 24 heavy (non-hydrogen) atoms. The van der Waals surface area contributed by atoms with Crippen LogP contribution in [0.1, 0.15) is 25.8 Å². The molecule has 0 fully saturated rings. The Kier molecular flexibility index (Phi) is 7.88. The van der Waals surface area contributed by atoms with E-state index in [1.165, 1.54) is 5.56 Å². The summed E-state index contributed by atoms with van der Waals surface area (Å²) in [7, 11) is 1.73. The summed E-state index contributed by atoms with van der Waals surface area (Å²) in [6.07, 6.45) is -0.365. The molecule has 0 heterocycles. The van der Waals surface area contributed by atoms with Crippen LogP contribution in [-0.2, 0) is 16.0 Å². The molecule has 0 aliphatic rings. The standard InChI is InChI=1S/C18H28N2O4/c1-18(2,13-21)16(23)17(24)19-11-9-15(22)20(3)12-10-14-7-5-4-6-8-14/h4-8,16,21,23H,9-13H2,1-3H3,(H,19,24)/t16-/m0/s1. The van der Waals surface area contributed by atoms with Crippen molar-refractivity contribution in [1.29, 1.82) is 0 Å². The zero-order valence-electron chi connectivity index (χ0n) is 14.7. The molecule has 3 N–H and O–H groups in total. The molecule has 2 amide bonds. The van der Waals surface area contributed by atoms with E-state index in [9.17, 15) is 14.7 Å². The Morgan fingerprint density at radius 3 is 2.46 bits per heavy atom. The van der Waals surface area contributed by atoms with Gasteiger partial charge in [-0.25, -0.2) is 0 Å². The molecule has 0 aromatic heterocycles. The molecule has 1 aromatic rings. The molecule has 0 aliphatic carbocycles. The Hall–Kier alpha value is -1.92. The van der Waals surface area contributed by atoms with Gasteiger partial charge in [-0.3, -0.25) is 9.59 Å². The van der Waals surface area contributed by atoms with Crippen LogP contribution in [0.15, 0.2) is 30.3 Å². The van der Waals surface area contributed by atoms with E-state index in [1.807, 2.05) is 30.3 Å². The maximum absolute atomic E-state index is 12.0. The number of hydrogen-bond acceptors (Lipinski definition) is 4. The normalized spacial score (nSPS) is 12.5. The van der Waals surface area contributed by atoms with Crippen LogP contribution >= 0.6 is 0 Å². The van der Waals surface area contributed by atoms with E-state index in [-0.39, 0.29) is 25.5 Å². The fourth-order valence-corrected chi connectivity index (χ4v) is 2.09. The first-order valence-corrected chi connectivity index (χ1v) is 8.12. The van der Waals surface area contributed by atoms with Gasteiger partial charge in [0.25, 0.3) is 0 Å². The third-order valence-electron chi connectivity index (χ3n) is 4.04. The molecule has 0 bridgehead atoms. The summed E-state index contributed by atoms with van der Waals surface area (Å²) in [5, 5.41) is 21.5. The minimum Gasteiger partial charge on any atom is -0.396 e. The molecule has 0 unspecified atom stereocenters. The average molecular weight is 336 g/mol. The summed E-state index contributed by atoms with van der Waals surface area (Å²) in [5.41, 5.74) is 0.250. The molecule has 1 rings (SSSR count). The van der Waals surface area contributed by atoms with Gasteiger partial charge in [0.2, 0.25) is 11.8 Å². The predicted octanol–water partition coefficient (Wildman–Crippen LogP) is 0.573. The van der Waals surface area contributed by atoms with Gasteiger partial charge in [0.05, 0.1) is 6.61 Å². The summed E-state index contributed by atoms with van der Waals surface area (Å²) in [4.78, 5) is 25.5. The molecule has 0 aliphatic heterocycles. The number of rotatable bonds is 9. The van der Waals surface area contributed by atoms with E-state index in [2.05, 4.69) is 5.32 Å². The van der Waals surface area contributed by atoms with Crippen molar-refractivity contribution in [1.82, 2.24) is 10.2 Å². The molecule has 6 nitrogen and oxygen atoms in total. The first-order valence-electron chi connectivity index (χ1n) is 8.12. The number of hydrogen-bond donors (Lipinski definition) is 3. The van der Waals surface area contributed by atoms with Crippen molar-refractivity contribution in [2.24, 2.45) is 5.41 Å². The lowest BCUT2D eigenvalue weighted by molar-refractivity contribution is -0.137. The van der Waals surface area contributed by atoms with Crippen LogP contribution in [0.25, 0.3) is 0 Å². The minimum atomic E-state index is -1.31. The zero-order chi connectivity index (χ0) is 18.2. The molecule has 0 spiro atoms. The molecule has 1 aromatic carbocycles. The van der Waals surface area contributed by atoms with Crippen LogP contribution in [0, 0.1) is 5.41 Å². The van der Waals surface area contributed by atoms with E-state index in [0.717, 1.165) is 6.42 Å². The molecular weight excluding hydrogens is 308 g/mol. The number of aliphatic hydroxyl groups excluding tert-OH is 2. The highest BCUT2D eigenvalue weighted by Crippen LogP contribution is 2.19. The van der Waals surface area contributed by atoms with Crippen molar-refractivity contribution in [2.75, 3.05) is 26.7 Å². The monoisotopic (exact) mass is 336 g/mol. The van der Waals surface area contributed by atoms with Gasteiger partial charge in [-0.15, -0.1) is 0 Å². The van der Waals surface area contributed by atoms with Crippen LogP contribution in [0.5, 0.6) is 0 Å². The lowest BCUT2D eigenvalue weighted by atomic mass is 9.87. The molecule has 0 radical (unpaired) electrons. The summed E-state index contributed by atoms with van der Waals surface area (Å²) in [5.74, 6) is -0.643. The van der Waals surface area contributed by atoms with E-state index in [4.69, 9.17) is 5.11 Å².